The zero-order valence-electron chi connectivity index (χ0n) is 8.79. The van der Waals surface area contributed by atoms with Gasteiger partial charge in [-0.2, -0.15) is 0 Å². The Bertz CT molecular complexity index is 355. The van der Waals surface area contributed by atoms with Gasteiger partial charge in [-0.05, 0) is 17.7 Å². The van der Waals surface area contributed by atoms with Crippen LogP contribution in [0.3, 0.4) is 0 Å². The van der Waals surface area contributed by atoms with Crippen molar-refractivity contribution in [1.82, 2.24) is 5.32 Å². The molecular formula is C12H15NO2. The van der Waals surface area contributed by atoms with Crippen molar-refractivity contribution in [1.29, 1.82) is 0 Å². The highest BCUT2D eigenvalue weighted by Gasteiger charge is 2.01. The number of phenols is 1. The van der Waals surface area contributed by atoms with Crippen molar-refractivity contribution >= 4 is 0 Å². The van der Waals surface area contributed by atoms with Crippen LogP contribution in [0.2, 0.25) is 0 Å². The molecule has 1 rings (SSSR count). The summed E-state index contributed by atoms with van der Waals surface area (Å²) in [6, 6.07) is 5.33. The zero-order chi connectivity index (χ0) is 11.1. The van der Waals surface area contributed by atoms with Crippen LogP contribution in [0.25, 0.3) is 0 Å². The maximum Gasteiger partial charge on any atom is 0.160 e. The standard InChI is InChI=1S/C12H15NO2/c1-3-4-7-13-9-10-5-6-12(15-2)11(14)8-10/h1,5-6,8,13-14H,4,7,9H2,2H3. The molecule has 2 N–H and O–H groups in total. The molecule has 0 aliphatic heterocycles. The number of hydrogen-bond donors (Lipinski definition) is 2. The second kappa shape index (κ2) is 5.94. The Morgan fingerprint density at radius 2 is 2.33 bits per heavy atom. The first-order valence-corrected chi connectivity index (χ1v) is 4.78. The second-order valence-electron chi connectivity index (χ2n) is 3.14. The third-order valence-corrected chi connectivity index (χ3v) is 2.02. The van der Waals surface area contributed by atoms with Gasteiger partial charge in [0, 0.05) is 19.5 Å². The van der Waals surface area contributed by atoms with Crippen LogP contribution in [-0.2, 0) is 6.54 Å². The smallest absolute Gasteiger partial charge is 0.160 e. The lowest BCUT2D eigenvalue weighted by Gasteiger charge is -2.06. The molecule has 0 saturated heterocycles. The Labute approximate surface area is 90.1 Å². The number of ether oxygens (including phenoxy) is 1. The molecule has 0 spiro atoms. The molecule has 1 aromatic rings. The molecule has 0 bridgehead atoms. The van der Waals surface area contributed by atoms with E-state index in [4.69, 9.17) is 11.2 Å². The summed E-state index contributed by atoms with van der Waals surface area (Å²) in [6.45, 7) is 1.47. The lowest BCUT2D eigenvalue weighted by molar-refractivity contribution is 0.373. The first-order valence-electron chi connectivity index (χ1n) is 4.78. The molecular weight excluding hydrogens is 190 g/mol. The van der Waals surface area contributed by atoms with Gasteiger partial charge in [0.25, 0.3) is 0 Å². The predicted octanol–water partition coefficient (Wildman–Crippen LogP) is 1.51. The molecule has 80 valence electrons. The van der Waals surface area contributed by atoms with Crippen molar-refractivity contribution in [3.8, 4) is 23.8 Å². The van der Waals surface area contributed by atoms with E-state index < -0.39 is 0 Å². The van der Waals surface area contributed by atoms with Gasteiger partial charge in [0.05, 0.1) is 7.11 Å². The van der Waals surface area contributed by atoms with Gasteiger partial charge in [0.1, 0.15) is 0 Å². The van der Waals surface area contributed by atoms with Crippen LogP contribution < -0.4 is 10.1 Å². The van der Waals surface area contributed by atoms with Gasteiger partial charge in [-0.25, -0.2) is 0 Å². The Balaban J connectivity index is 2.49. The second-order valence-corrected chi connectivity index (χ2v) is 3.14. The normalized spacial score (nSPS) is 9.60. The number of methoxy groups -OCH3 is 1. The summed E-state index contributed by atoms with van der Waals surface area (Å²) in [4.78, 5) is 0. The molecule has 3 heteroatoms. The average molecular weight is 205 g/mol. The lowest BCUT2D eigenvalue weighted by atomic mass is 10.2. The van der Waals surface area contributed by atoms with Crippen molar-refractivity contribution < 1.29 is 9.84 Å². The third-order valence-electron chi connectivity index (χ3n) is 2.02. The number of benzene rings is 1. The highest BCUT2D eigenvalue weighted by molar-refractivity contribution is 5.41. The number of hydrogen-bond acceptors (Lipinski definition) is 3. The predicted molar refractivity (Wildman–Crippen MR) is 59.8 cm³/mol. The summed E-state index contributed by atoms with van der Waals surface area (Å²) in [5.74, 6) is 3.20. The Morgan fingerprint density at radius 1 is 1.53 bits per heavy atom. The molecule has 1 aromatic carbocycles. The van der Waals surface area contributed by atoms with Gasteiger partial charge in [0.15, 0.2) is 11.5 Å². The van der Waals surface area contributed by atoms with E-state index in [0.29, 0.717) is 18.7 Å². The van der Waals surface area contributed by atoms with Gasteiger partial charge in [-0.3, -0.25) is 0 Å². The minimum absolute atomic E-state index is 0.161. The maximum absolute atomic E-state index is 9.51. The van der Waals surface area contributed by atoms with Crippen LogP contribution in [-0.4, -0.2) is 18.8 Å². The Hall–Kier alpha value is -1.66. The van der Waals surface area contributed by atoms with Crippen LogP contribution in [0.4, 0.5) is 0 Å². The molecule has 0 aromatic heterocycles. The summed E-state index contributed by atoms with van der Waals surface area (Å²) in [5.41, 5.74) is 1.00. The molecule has 0 unspecified atom stereocenters. The van der Waals surface area contributed by atoms with Crippen LogP contribution >= 0.6 is 0 Å². The zero-order valence-corrected chi connectivity index (χ0v) is 8.79. The highest BCUT2D eigenvalue weighted by atomic mass is 16.5. The number of rotatable bonds is 5. The minimum Gasteiger partial charge on any atom is -0.504 e. The molecule has 0 radical (unpaired) electrons. The van der Waals surface area contributed by atoms with Crippen molar-refractivity contribution in [2.75, 3.05) is 13.7 Å². The molecule has 0 atom stereocenters. The first-order chi connectivity index (χ1) is 7.27. The minimum atomic E-state index is 0.161. The van der Waals surface area contributed by atoms with Gasteiger partial charge >= 0.3 is 0 Å². The van der Waals surface area contributed by atoms with E-state index in [1.165, 1.54) is 7.11 Å². The van der Waals surface area contributed by atoms with Crippen molar-refractivity contribution in [2.45, 2.75) is 13.0 Å². The number of phenolic OH excluding ortho intramolecular Hbond substituents is 1. The van der Waals surface area contributed by atoms with Crippen LogP contribution in [0.1, 0.15) is 12.0 Å². The summed E-state index contributed by atoms with van der Waals surface area (Å²) in [7, 11) is 1.53. The summed E-state index contributed by atoms with van der Waals surface area (Å²) in [6.07, 6.45) is 5.83. The lowest BCUT2D eigenvalue weighted by Crippen LogP contribution is -2.13. The quantitative estimate of drug-likeness (QED) is 0.565. The first kappa shape index (κ1) is 11.4. The van der Waals surface area contributed by atoms with E-state index in [9.17, 15) is 5.11 Å². The number of aromatic hydroxyl groups is 1. The monoisotopic (exact) mass is 205 g/mol. The molecule has 3 nitrogen and oxygen atoms in total. The molecule has 0 fully saturated rings. The van der Waals surface area contributed by atoms with E-state index in [1.54, 1.807) is 12.1 Å². The van der Waals surface area contributed by atoms with E-state index in [0.717, 1.165) is 12.1 Å². The van der Waals surface area contributed by atoms with Crippen LogP contribution in [0.15, 0.2) is 18.2 Å². The van der Waals surface area contributed by atoms with E-state index in [-0.39, 0.29) is 5.75 Å². The van der Waals surface area contributed by atoms with E-state index in [2.05, 4.69) is 11.2 Å². The molecule has 0 heterocycles. The van der Waals surface area contributed by atoms with Gasteiger partial charge in [-0.1, -0.05) is 6.07 Å². The van der Waals surface area contributed by atoms with Gasteiger partial charge < -0.3 is 15.2 Å². The topological polar surface area (TPSA) is 41.5 Å². The summed E-state index contributed by atoms with van der Waals surface area (Å²) >= 11 is 0. The fraction of sp³-hybridized carbons (Fsp3) is 0.333. The maximum atomic E-state index is 9.51. The van der Waals surface area contributed by atoms with Crippen LogP contribution in [0.5, 0.6) is 11.5 Å². The molecule has 0 aliphatic rings. The van der Waals surface area contributed by atoms with Crippen LogP contribution in [0, 0.1) is 12.3 Å². The Morgan fingerprint density at radius 3 is 2.93 bits per heavy atom. The molecule has 0 saturated carbocycles. The largest absolute Gasteiger partial charge is 0.504 e. The van der Waals surface area contributed by atoms with Crippen molar-refractivity contribution in [3.05, 3.63) is 23.8 Å². The van der Waals surface area contributed by atoms with Crippen molar-refractivity contribution in [3.63, 3.8) is 0 Å². The number of nitrogens with one attached hydrogen (secondary N) is 1. The third kappa shape index (κ3) is 3.53. The molecule has 0 amide bonds. The van der Waals surface area contributed by atoms with Crippen molar-refractivity contribution in [2.24, 2.45) is 0 Å². The Kier molecular flexibility index (Phi) is 4.52. The molecule has 0 aliphatic carbocycles. The molecule has 15 heavy (non-hydrogen) atoms. The fourth-order valence-electron chi connectivity index (χ4n) is 1.24. The van der Waals surface area contributed by atoms with Gasteiger partial charge in [-0.15, -0.1) is 12.3 Å². The highest BCUT2D eigenvalue weighted by Crippen LogP contribution is 2.25. The van der Waals surface area contributed by atoms with Gasteiger partial charge in [0.2, 0.25) is 0 Å². The SMILES string of the molecule is C#CCCNCc1ccc(OC)c(O)c1. The van der Waals surface area contributed by atoms with E-state index in [1.807, 2.05) is 6.07 Å². The summed E-state index contributed by atoms with van der Waals surface area (Å²) in [5, 5.41) is 12.7. The summed E-state index contributed by atoms with van der Waals surface area (Å²) < 4.78 is 4.95. The average Bonchev–Trinajstić information content (AvgIpc) is 2.25. The van der Waals surface area contributed by atoms with E-state index >= 15 is 0 Å². The fourth-order valence-corrected chi connectivity index (χ4v) is 1.24. The number of terminal acetylenes is 1.